The van der Waals surface area contributed by atoms with Gasteiger partial charge in [0.05, 0.1) is 0 Å². The molecule has 1 aliphatic heterocycles. The molecule has 0 saturated carbocycles. The van der Waals surface area contributed by atoms with E-state index in [1.54, 1.807) is 0 Å². The summed E-state index contributed by atoms with van der Waals surface area (Å²) in [5, 5.41) is 2.78. The zero-order valence-electron chi connectivity index (χ0n) is 12.0. The van der Waals surface area contributed by atoms with Gasteiger partial charge in [-0.3, -0.25) is 9.69 Å². The molecule has 4 heteroatoms. The summed E-state index contributed by atoms with van der Waals surface area (Å²) in [4.78, 5) is 25.4. The number of nitrogens with one attached hydrogen (secondary N) is 1. The van der Waals surface area contributed by atoms with E-state index in [0.29, 0.717) is 13.0 Å². The van der Waals surface area contributed by atoms with Crippen LogP contribution in [0.15, 0.2) is 30.3 Å². The first-order chi connectivity index (χ1) is 9.72. The van der Waals surface area contributed by atoms with E-state index in [2.05, 4.69) is 12.2 Å². The quantitative estimate of drug-likeness (QED) is 0.614. The molecule has 1 aromatic rings. The molecule has 1 N–H and O–H groups in total. The molecular weight excluding hydrogens is 252 g/mol. The van der Waals surface area contributed by atoms with Crippen LogP contribution >= 0.6 is 0 Å². The van der Waals surface area contributed by atoms with E-state index < -0.39 is 6.04 Å². The van der Waals surface area contributed by atoms with E-state index in [1.807, 2.05) is 30.3 Å². The van der Waals surface area contributed by atoms with Gasteiger partial charge in [0.2, 0.25) is 0 Å². The van der Waals surface area contributed by atoms with E-state index in [4.69, 9.17) is 0 Å². The Morgan fingerprint density at radius 1 is 1.10 bits per heavy atom. The van der Waals surface area contributed by atoms with Gasteiger partial charge in [-0.1, -0.05) is 56.5 Å². The molecule has 20 heavy (non-hydrogen) atoms. The molecule has 1 fully saturated rings. The number of unbranched alkanes of at least 4 members (excludes halogenated alkanes) is 3. The molecule has 0 bridgehead atoms. The lowest BCUT2D eigenvalue weighted by Gasteiger charge is -2.12. The molecule has 1 heterocycles. The molecule has 0 radical (unpaired) electrons. The highest BCUT2D eigenvalue weighted by molar-refractivity contribution is 6.04. The molecule has 3 amide bonds. The summed E-state index contributed by atoms with van der Waals surface area (Å²) < 4.78 is 0. The number of urea groups is 1. The van der Waals surface area contributed by atoms with Crippen LogP contribution in [-0.4, -0.2) is 29.4 Å². The molecule has 1 atom stereocenters. The minimum Gasteiger partial charge on any atom is -0.325 e. The molecule has 0 unspecified atom stereocenters. The molecule has 1 aliphatic rings. The lowest BCUT2D eigenvalue weighted by molar-refractivity contribution is -0.127. The molecule has 0 aromatic heterocycles. The van der Waals surface area contributed by atoms with E-state index in [1.165, 1.54) is 4.90 Å². The fraction of sp³-hybridized carbons (Fsp3) is 0.500. The topological polar surface area (TPSA) is 49.4 Å². The highest BCUT2D eigenvalue weighted by Crippen LogP contribution is 2.13. The Kier molecular flexibility index (Phi) is 5.16. The van der Waals surface area contributed by atoms with Crippen molar-refractivity contribution in [3.8, 4) is 0 Å². The zero-order chi connectivity index (χ0) is 14.4. The SMILES string of the molecule is CCCCCCN1C(=O)N[C@@H](Cc2ccccc2)C1=O. The third kappa shape index (κ3) is 3.59. The fourth-order valence-electron chi connectivity index (χ4n) is 2.47. The van der Waals surface area contributed by atoms with Crippen molar-refractivity contribution in [2.24, 2.45) is 0 Å². The van der Waals surface area contributed by atoms with Crippen LogP contribution in [0.5, 0.6) is 0 Å². The van der Waals surface area contributed by atoms with Crippen molar-refractivity contribution in [1.29, 1.82) is 0 Å². The lowest BCUT2D eigenvalue weighted by atomic mass is 10.1. The number of rotatable bonds is 7. The van der Waals surface area contributed by atoms with Crippen LogP contribution in [0, 0.1) is 0 Å². The Morgan fingerprint density at radius 2 is 1.85 bits per heavy atom. The number of carbonyl (C=O) groups is 2. The average molecular weight is 274 g/mol. The largest absolute Gasteiger partial charge is 0.325 e. The fourth-order valence-corrected chi connectivity index (χ4v) is 2.47. The summed E-state index contributed by atoms with van der Waals surface area (Å²) in [7, 11) is 0. The molecule has 0 spiro atoms. The number of nitrogens with zero attached hydrogens (tertiary/aromatic N) is 1. The van der Waals surface area contributed by atoms with Gasteiger partial charge in [-0.15, -0.1) is 0 Å². The second-order valence-corrected chi connectivity index (χ2v) is 5.24. The molecular formula is C16H22N2O2. The maximum absolute atomic E-state index is 12.2. The van der Waals surface area contributed by atoms with Gasteiger partial charge in [-0.25, -0.2) is 4.79 Å². The number of amides is 3. The van der Waals surface area contributed by atoms with Crippen molar-refractivity contribution in [3.63, 3.8) is 0 Å². The smallest absolute Gasteiger partial charge is 0.324 e. The van der Waals surface area contributed by atoms with Crippen LogP contribution in [0.1, 0.15) is 38.2 Å². The second-order valence-electron chi connectivity index (χ2n) is 5.24. The Morgan fingerprint density at radius 3 is 2.55 bits per heavy atom. The van der Waals surface area contributed by atoms with Gasteiger partial charge in [-0.05, 0) is 12.0 Å². The summed E-state index contributed by atoms with van der Waals surface area (Å²) in [5.74, 6) is -0.0876. The van der Waals surface area contributed by atoms with Crippen molar-refractivity contribution >= 4 is 11.9 Å². The monoisotopic (exact) mass is 274 g/mol. The molecule has 108 valence electrons. The number of hydrogen-bond donors (Lipinski definition) is 1. The summed E-state index contributed by atoms with van der Waals surface area (Å²) in [6.07, 6.45) is 4.83. The van der Waals surface area contributed by atoms with E-state index in [9.17, 15) is 9.59 Å². The van der Waals surface area contributed by atoms with Crippen LogP contribution < -0.4 is 5.32 Å². The van der Waals surface area contributed by atoms with Crippen molar-refractivity contribution in [3.05, 3.63) is 35.9 Å². The maximum atomic E-state index is 12.2. The number of carbonyl (C=O) groups excluding carboxylic acids is 2. The molecule has 4 nitrogen and oxygen atoms in total. The number of hydrogen-bond acceptors (Lipinski definition) is 2. The molecule has 1 saturated heterocycles. The van der Waals surface area contributed by atoms with E-state index in [0.717, 1.165) is 31.2 Å². The van der Waals surface area contributed by atoms with Gasteiger partial charge in [0.25, 0.3) is 5.91 Å². The summed E-state index contributed by atoms with van der Waals surface area (Å²) in [6.45, 7) is 2.68. The lowest BCUT2D eigenvalue weighted by Crippen LogP contribution is -2.33. The van der Waals surface area contributed by atoms with Gasteiger partial charge < -0.3 is 5.32 Å². The van der Waals surface area contributed by atoms with Gasteiger partial charge in [0, 0.05) is 13.0 Å². The van der Waals surface area contributed by atoms with Crippen LogP contribution in [0.4, 0.5) is 4.79 Å². The maximum Gasteiger partial charge on any atom is 0.324 e. The Bertz CT molecular complexity index is 459. The Hall–Kier alpha value is -1.84. The first-order valence-electron chi connectivity index (χ1n) is 7.38. The Labute approximate surface area is 120 Å². The van der Waals surface area contributed by atoms with Gasteiger partial charge in [0.1, 0.15) is 6.04 Å². The number of imide groups is 1. The summed E-state index contributed by atoms with van der Waals surface area (Å²) in [5.41, 5.74) is 1.07. The Balaban J connectivity index is 1.88. The van der Waals surface area contributed by atoms with Crippen LogP contribution in [0.25, 0.3) is 0 Å². The standard InChI is InChI=1S/C16H22N2O2/c1-2-3-4-8-11-18-15(19)14(17-16(18)20)12-13-9-6-5-7-10-13/h5-7,9-10,14H,2-4,8,11-12H2,1H3,(H,17,20)/t14-/m0/s1. The molecule has 2 rings (SSSR count). The van der Waals surface area contributed by atoms with Gasteiger partial charge in [0.15, 0.2) is 0 Å². The highest BCUT2D eigenvalue weighted by Gasteiger charge is 2.37. The first kappa shape index (κ1) is 14.6. The minimum absolute atomic E-state index is 0.0876. The van der Waals surface area contributed by atoms with Gasteiger partial charge >= 0.3 is 6.03 Å². The van der Waals surface area contributed by atoms with Crippen molar-refractivity contribution in [2.75, 3.05) is 6.54 Å². The normalized spacial score (nSPS) is 18.4. The molecule has 0 aliphatic carbocycles. The summed E-state index contributed by atoms with van der Waals surface area (Å²) in [6, 6.07) is 9.13. The average Bonchev–Trinajstić information content (AvgIpc) is 2.72. The van der Waals surface area contributed by atoms with Crippen molar-refractivity contribution < 1.29 is 9.59 Å². The zero-order valence-corrected chi connectivity index (χ0v) is 12.0. The third-order valence-corrected chi connectivity index (χ3v) is 3.62. The third-order valence-electron chi connectivity index (χ3n) is 3.62. The van der Waals surface area contributed by atoms with E-state index in [-0.39, 0.29) is 11.9 Å². The summed E-state index contributed by atoms with van der Waals surface area (Å²) >= 11 is 0. The van der Waals surface area contributed by atoms with Gasteiger partial charge in [-0.2, -0.15) is 0 Å². The predicted molar refractivity (Wildman–Crippen MR) is 78.3 cm³/mol. The molecule has 1 aromatic carbocycles. The van der Waals surface area contributed by atoms with E-state index >= 15 is 0 Å². The predicted octanol–water partition coefficient (Wildman–Crippen LogP) is 2.73. The van der Waals surface area contributed by atoms with Crippen LogP contribution in [-0.2, 0) is 11.2 Å². The first-order valence-corrected chi connectivity index (χ1v) is 7.38. The van der Waals surface area contributed by atoms with Crippen molar-refractivity contribution in [1.82, 2.24) is 10.2 Å². The van der Waals surface area contributed by atoms with Crippen LogP contribution in [0.2, 0.25) is 0 Å². The highest BCUT2D eigenvalue weighted by atomic mass is 16.2. The van der Waals surface area contributed by atoms with Crippen LogP contribution in [0.3, 0.4) is 0 Å². The minimum atomic E-state index is -0.406. The van der Waals surface area contributed by atoms with Crippen molar-refractivity contribution in [2.45, 2.75) is 45.1 Å². The number of benzene rings is 1. The second kappa shape index (κ2) is 7.08.